The van der Waals surface area contributed by atoms with Crippen molar-refractivity contribution in [1.82, 2.24) is 5.32 Å². The van der Waals surface area contributed by atoms with Gasteiger partial charge in [0.25, 0.3) is 0 Å². The molecule has 0 spiro atoms. The lowest BCUT2D eigenvalue weighted by Gasteiger charge is -2.71. The van der Waals surface area contributed by atoms with Gasteiger partial charge in [-0.3, -0.25) is 9.59 Å². The molecule has 1 aromatic rings. The van der Waals surface area contributed by atoms with Crippen LogP contribution in [0.5, 0.6) is 5.75 Å². The minimum atomic E-state index is -0.319. The molecule has 0 aromatic heterocycles. The molecule has 0 aliphatic heterocycles. The van der Waals surface area contributed by atoms with Crippen molar-refractivity contribution in [2.24, 2.45) is 51.2 Å². The molecule has 5 aliphatic rings. The van der Waals surface area contributed by atoms with E-state index >= 15 is 0 Å². The summed E-state index contributed by atoms with van der Waals surface area (Å²) in [6.45, 7) is 21.1. The molecule has 5 fully saturated rings. The van der Waals surface area contributed by atoms with Gasteiger partial charge in [-0.05, 0) is 140 Å². The Kier molecular flexibility index (Phi) is 7.89. The van der Waals surface area contributed by atoms with Crippen LogP contribution < -0.4 is 10.1 Å². The zero-order valence-electron chi connectivity index (χ0n) is 28.1. The number of rotatable bonds is 6. The Morgan fingerprint density at radius 3 is 2.30 bits per heavy atom. The standard InChI is InChI=1S/C39H55NO4/c1-24(2)29-15-20-39(35(42)40-23-27-9-11-28(43-8)12-10-27)22-21-37(6)31(34(29)39)13-14-33-36(5)18-17-32(44-26(4)41)25(3)30(36)16-19-38(33,37)7/h9-12,29-34H,1,3,13-23H2,2,4-8H3,(H,40,42)/t29-,30-,31+,32-,33+,34+,36-,37+,38+,39-/m0/s1. The van der Waals surface area contributed by atoms with Crippen molar-refractivity contribution in [3.05, 3.63) is 54.1 Å². The number of carbonyl (C=O) groups excluding carboxylic acids is 2. The van der Waals surface area contributed by atoms with Gasteiger partial charge < -0.3 is 14.8 Å². The summed E-state index contributed by atoms with van der Waals surface area (Å²) < 4.78 is 11.1. The summed E-state index contributed by atoms with van der Waals surface area (Å²) in [5.41, 5.74) is 3.72. The molecule has 5 nitrogen and oxygen atoms in total. The molecule has 6 rings (SSSR count). The van der Waals surface area contributed by atoms with Crippen molar-refractivity contribution >= 4 is 11.9 Å². The van der Waals surface area contributed by atoms with Crippen molar-refractivity contribution in [2.45, 2.75) is 111 Å². The first kappa shape index (κ1) is 31.4. The number of amides is 1. The van der Waals surface area contributed by atoms with Crippen LogP contribution in [0, 0.1) is 51.2 Å². The Morgan fingerprint density at radius 1 is 0.909 bits per heavy atom. The topological polar surface area (TPSA) is 64.6 Å². The van der Waals surface area contributed by atoms with E-state index in [4.69, 9.17) is 9.47 Å². The highest BCUT2D eigenvalue weighted by molar-refractivity contribution is 5.84. The molecule has 10 atom stereocenters. The Morgan fingerprint density at radius 2 is 1.64 bits per heavy atom. The number of allylic oxidation sites excluding steroid dienone is 1. The number of ether oxygens (including phenoxy) is 2. The van der Waals surface area contributed by atoms with Gasteiger partial charge in [0.05, 0.1) is 12.5 Å². The van der Waals surface area contributed by atoms with E-state index in [2.05, 4.69) is 46.2 Å². The van der Waals surface area contributed by atoms with Crippen LogP contribution in [0.3, 0.4) is 0 Å². The zero-order valence-corrected chi connectivity index (χ0v) is 28.1. The summed E-state index contributed by atoms with van der Waals surface area (Å²) in [6.07, 6.45) is 10.6. The first-order valence-electron chi connectivity index (χ1n) is 17.2. The normalized spacial score (nSPS) is 42.6. The lowest BCUT2D eigenvalue weighted by Crippen LogP contribution is -2.66. The first-order chi connectivity index (χ1) is 20.8. The van der Waals surface area contributed by atoms with Crippen molar-refractivity contribution in [2.75, 3.05) is 7.11 Å². The summed E-state index contributed by atoms with van der Waals surface area (Å²) in [5.74, 6) is 3.15. The van der Waals surface area contributed by atoms with Gasteiger partial charge in [-0.1, -0.05) is 51.6 Å². The Bertz CT molecular complexity index is 1330. The fourth-order valence-electron chi connectivity index (χ4n) is 12.1. The minimum Gasteiger partial charge on any atom is -0.497 e. The predicted octanol–water partition coefficient (Wildman–Crippen LogP) is 8.43. The third-order valence-electron chi connectivity index (χ3n) is 14.5. The summed E-state index contributed by atoms with van der Waals surface area (Å²) in [7, 11) is 1.68. The highest BCUT2D eigenvalue weighted by Gasteiger charge is 2.71. The molecule has 0 saturated heterocycles. The highest BCUT2D eigenvalue weighted by Crippen LogP contribution is 2.76. The number of esters is 1. The van der Waals surface area contributed by atoms with E-state index in [0.717, 1.165) is 61.8 Å². The van der Waals surface area contributed by atoms with Crippen LogP contribution in [0.15, 0.2) is 48.6 Å². The summed E-state index contributed by atoms with van der Waals surface area (Å²) in [5, 5.41) is 3.41. The second-order valence-electron chi connectivity index (χ2n) is 16.1. The van der Waals surface area contributed by atoms with E-state index < -0.39 is 0 Å². The molecule has 0 radical (unpaired) electrons. The van der Waals surface area contributed by atoms with Crippen molar-refractivity contribution in [1.29, 1.82) is 0 Å². The van der Waals surface area contributed by atoms with Crippen LogP contribution in [0.25, 0.3) is 0 Å². The van der Waals surface area contributed by atoms with Crippen LogP contribution in [0.4, 0.5) is 0 Å². The smallest absolute Gasteiger partial charge is 0.303 e. The zero-order chi connectivity index (χ0) is 31.7. The lowest BCUT2D eigenvalue weighted by atomic mass is 9.33. The van der Waals surface area contributed by atoms with E-state index in [9.17, 15) is 9.59 Å². The molecule has 1 amide bonds. The fourth-order valence-corrected chi connectivity index (χ4v) is 12.1. The van der Waals surface area contributed by atoms with Gasteiger partial charge in [-0.2, -0.15) is 0 Å². The van der Waals surface area contributed by atoms with Gasteiger partial charge in [0.1, 0.15) is 11.9 Å². The molecule has 1 N–H and O–H groups in total. The summed E-state index contributed by atoms with van der Waals surface area (Å²) >= 11 is 0. The molecular formula is C39H55NO4. The quantitative estimate of drug-likeness (QED) is 0.263. The first-order valence-corrected chi connectivity index (χ1v) is 17.2. The van der Waals surface area contributed by atoms with Crippen molar-refractivity contribution in [3.63, 3.8) is 0 Å². The molecule has 240 valence electrons. The number of hydrogen-bond donors (Lipinski definition) is 1. The maximum atomic E-state index is 14.4. The molecule has 0 bridgehead atoms. The second kappa shape index (κ2) is 11.1. The van der Waals surface area contributed by atoms with E-state index in [1.165, 1.54) is 31.8 Å². The van der Waals surface area contributed by atoms with Gasteiger partial charge >= 0.3 is 5.97 Å². The number of benzene rings is 1. The predicted molar refractivity (Wildman–Crippen MR) is 175 cm³/mol. The third-order valence-corrected chi connectivity index (χ3v) is 14.5. The van der Waals surface area contributed by atoms with Gasteiger partial charge in [0.15, 0.2) is 0 Å². The summed E-state index contributed by atoms with van der Waals surface area (Å²) in [4.78, 5) is 26.2. The Hall–Kier alpha value is -2.56. The molecule has 0 heterocycles. The molecule has 1 aromatic carbocycles. The maximum absolute atomic E-state index is 14.4. The van der Waals surface area contributed by atoms with Gasteiger partial charge in [-0.25, -0.2) is 0 Å². The van der Waals surface area contributed by atoms with Crippen molar-refractivity contribution in [3.8, 4) is 5.75 Å². The highest BCUT2D eigenvalue weighted by atomic mass is 16.5. The third kappa shape index (κ3) is 4.53. The summed E-state index contributed by atoms with van der Waals surface area (Å²) in [6, 6.07) is 8.03. The van der Waals surface area contributed by atoms with E-state index in [0.29, 0.717) is 36.1 Å². The van der Waals surface area contributed by atoms with Crippen LogP contribution in [-0.2, 0) is 20.9 Å². The average molecular weight is 602 g/mol. The molecule has 44 heavy (non-hydrogen) atoms. The maximum Gasteiger partial charge on any atom is 0.303 e. The lowest BCUT2D eigenvalue weighted by molar-refractivity contribution is -0.220. The van der Waals surface area contributed by atoms with Crippen LogP contribution >= 0.6 is 0 Å². The monoisotopic (exact) mass is 601 g/mol. The van der Waals surface area contributed by atoms with E-state index in [1.807, 2.05) is 24.3 Å². The Balaban J connectivity index is 1.28. The number of carbonyl (C=O) groups is 2. The van der Waals surface area contributed by atoms with Gasteiger partial charge in [-0.15, -0.1) is 0 Å². The van der Waals surface area contributed by atoms with Crippen LogP contribution in [-0.4, -0.2) is 25.1 Å². The average Bonchev–Trinajstić information content (AvgIpc) is 3.39. The van der Waals surface area contributed by atoms with Gasteiger partial charge in [0, 0.05) is 13.5 Å². The number of methoxy groups -OCH3 is 1. The molecular weight excluding hydrogens is 546 g/mol. The van der Waals surface area contributed by atoms with E-state index in [1.54, 1.807) is 7.11 Å². The minimum absolute atomic E-state index is 0.136. The molecule has 5 aliphatic carbocycles. The number of fused-ring (bicyclic) bond motifs is 7. The fraction of sp³-hybridized carbons (Fsp3) is 0.692. The van der Waals surface area contributed by atoms with Crippen molar-refractivity contribution < 1.29 is 19.1 Å². The SMILES string of the molecule is C=C(C)[C@@H]1CC[C@]2(C(=O)NCc3ccc(OC)cc3)CC[C@]3(C)[C@H](CC[C@@H]4[C@@]5(C)CC[C@H](OC(C)=O)C(=C)[C@@H]5CC[C@]43C)[C@@H]12. The molecule has 0 unspecified atom stereocenters. The number of nitrogens with one attached hydrogen (secondary N) is 1. The van der Waals surface area contributed by atoms with E-state index in [-0.39, 0.29) is 39.6 Å². The molecule has 5 saturated carbocycles. The largest absolute Gasteiger partial charge is 0.497 e. The Labute approximate surface area is 265 Å². The second-order valence-corrected chi connectivity index (χ2v) is 16.1. The van der Waals surface area contributed by atoms with Gasteiger partial charge in [0.2, 0.25) is 5.91 Å². The van der Waals surface area contributed by atoms with Crippen LogP contribution in [0.1, 0.15) is 104 Å². The van der Waals surface area contributed by atoms with Crippen LogP contribution in [0.2, 0.25) is 0 Å². The number of hydrogen-bond acceptors (Lipinski definition) is 4. The molecule has 5 heteroatoms.